The van der Waals surface area contributed by atoms with Gasteiger partial charge in [-0.3, -0.25) is 0 Å². The van der Waals surface area contributed by atoms with Crippen LogP contribution in [0.3, 0.4) is 0 Å². The molecule has 0 spiro atoms. The fourth-order valence-electron chi connectivity index (χ4n) is 0.358. The molecule has 0 radical (unpaired) electrons. The van der Waals surface area contributed by atoms with Crippen molar-refractivity contribution >= 4 is 11.8 Å². The lowest BCUT2D eigenvalue weighted by Gasteiger charge is -1.66. The first-order valence-electron chi connectivity index (χ1n) is 9.71. The van der Waals surface area contributed by atoms with Gasteiger partial charge in [0.05, 0.1) is 0 Å². The predicted molar refractivity (Wildman–Crippen MR) is 133 cm³/mol. The Bertz CT molecular complexity index is 112. The van der Waals surface area contributed by atoms with Gasteiger partial charge in [0.25, 0.3) is 0 Å². The Morgan fingerprint density at radius 2 is 0.667 bits per heavy atom. The van der Waals surface area contributed by atoms with Crippen LogP contribution in [0.15, 0.2) is 35.8 Å². The van der Waals surface area contributed by atoms with Crippen molar-refractivity contribution in [2.24, 2.45) is 0 Å². The van der Waals surface area contributed by atoms with Gasteiger partial charge in [0, 0.05) is 0 Å². The minimum Gasteiger partial charge on any atom is -0.138 e. The molecule has 0 heterocycles. The lowest BCUT2D eigenvalue weighted by atomic mass is 10.5. The van der Waals surface area contributed by atoms with Crippen molar-refractivity contribution < 1.29 is 0 Å². The summed E-state index contributed by atoms with van der Waals surface area (Å²) in [4.78, 5) is 0. The smallest absolute Gasteiger partial charge is 0.0142 e. The topological polar surface area (TPSA) is 0 Å². The first-order chi connectivity index (χ1) is 11.3. The van der Waals surface area contributed by atoms with E-state index in [9.17, 15) is 0 Å². The summed E-state index contributed by atoms with van der Waals surface area (Å²) in [5.74, 6) is 0. The number of allylic oxidation sites excluding steroid dienone is 5. The molecule has 24 heavy (non-hydrogen) atoms. The first kappa shape index (κ1) is 56.6. The maximum atomic E-state index is 2.04. The quantitative estimate of drug-likeness (QED) is 0.438. The molecule has 0 aromatic heterocycles. The van der Waals surface area contributed by atoms with Gasteiger partial charge in [-0.15, -0.1) is 11.8 Å². The van der Waals surface area contributed by atoms with Gasteiger partial charge in [0.15, 0.2) is 0 Å². The third kappa shape index (κ3) is 437. The van der Waals surface area contributed by atoms with Gasteiger partial charge in [0.1, 0.15) is 0 Å². The zero-order valence-electron chi connectivity index (χ0n) is 19.9. The van der Waals surface area contributed by atoms with Gasteiger partial charge in [0.2, 0.25) is 0 Å². The third-order valence-corrected chi connectivity index (χ3v) is 1.31. The molecule has 156 valence electrons. The maximum absolute atomic E-state index is 2.04. The van der Waals surface area contributed by atoms with Crippen molar-refractivity contribution in [2.45, 2.75) is 111 Å². The normalized spacial score (nSPS) is 6.50. The summed E-state index contributed by atoms with van der Waals surface area (Å²) >= 11 is 1.72. The summed E-state index contributed by atoms with van der Waals surface area (Å²) < 4.78 is 0. The molecule has 0 bridgehead atoms. The Morgan fingerprint density at radius 3 is 0.708 bits per heavy atom. The highest BCUT2D eigenvalue weighted by molar-refractivity contribution is 8.01. The van der Waals surface area contributed by atoms with Crippen molar-refractivity contribution in [3.8, 4) is 0 Å². The summed E-state index contributed by atoms with van der Waals surface area (Å²) in [5, 5.41) is 2.04. The van der Waals surface area contributed by atoms with Crippen LogP contribution in [0.25, 0.3) is 0 Å². The van der Waals surface area contributed by atoms with Crippen molar-refractivity contribution in [1.82, 2.24) is 0 Å². The number of rotatable bonds is 2. The molecule has 0 aliphatic heterocycles. The Hall–Kier alpha value is -0.430. The second-order valence-electron chi connectivity index (χ2n) is 1.76. The van der Waals surface area contributed by atoms with Crippen molar-refractivity contribution in [1.29, 1.82) is 0 Å². The zero-order valence-corrected chi connectivity index (χ0v) is 20.7. The highest BCUT2D eigenvalue weighted by atomic mass is 32.2. The minimum atomic E-state index is 0. The van der Waals surface area contributed by atoms with E-state index in [1.54, 1.807) is 11.8 Å². The monoisotopic (exact) mass is 366 g/mol. The molecule has 0 aromatic carbocycles. The van der Waals surface area contributed by atoms with E-state index in [1.807, 2.05) is 146 Å². The molecule has 0 atom stereocenters. The second-order valence-corrected chi connectivity index (χ2v) is 2.50. The molecular formula is C23H58S. The molecule has 0 fully saturated rings. The summed E-state index contributed by atoms with van der Waals surface area (Å²) in [7, 11) is 0. The molecule has 0 amide bonds. The van der Waals surface area contributed by atoms with Gasteiger partial charge < -0.3 is 0 Å². The van der Waals surface area contributed by atoms with Crippen LogP contribution in [0.2, 0.25) is 0 Å². The van der Waals surface area contributed by atoms with Crippen LogP contribution in [-0.2, 0) is 0 Å². The van der Waals surface area contributed by atoms with Crippen LogP contribution in [-0.4, -0.2) is 6.26 Å². The van der Waals surface area contributed by atoms with Crippen LogP contribution >= 0.6 is 11.8 Å². The van der Waals surface area contributed by atoms with Crippen LogP contribution in [0.5, 0.6) is 0 Å². The lowest BCUT2D eigenvalue weighted by molar-refractivity contribution is 1.50. The molecule has 0 saturated heterocycles. The summed E-state index contributed by atoms with van der Waals surface area (Å²) in [6.45, 7) is 30.0. The average Bonchev–Trinajstić information content (AvgIpc) is 2.71. The Morgan fingerprint density at radius 1 is 0.458 bits per heavy atom. The zero-order chi connectivity index (χ0) is 20.9. The van der Waals surface area contributed by atoms with Gasteiger partial charge in [-0.1, -0.05) is 121 Å². The molecule has 1 heteroatoms. The van der Waals surface area contributed by atoms with Gasteiger partial charge in [-0.2, -0.15) is 0 Å². The largest absolute Gasteiger partial charge is 0.138 e. The fraction of sp³-hybridized carbons (Fsp3) is 0.739. The van der Waals surface area contributed by atoms with E-state index < -0.39 is 0 Å². The Balaban J connectivity index is -0.0000000163. The Kier molecular flexibility index (Phi) is 573. The van der Waals surface area contributed by atoms with Crippen LogP contribution in [0, 0.1) is 0 Å². The summed E-state index contributed by atoms with van der Waals surface area (Å²) in [5.41, 5.74) is 0. The van der Waals surface area contributed by atoms with E-state index in [1.165, 1.54) is 0 Å². The SMILES string of the molecule is C.CC.CC.CC.CC.CC.CC.CC=CC=CC.CC=CSC. The highest BCUT2D eigenvalue weighted by Crippen LogP contribution is 1.89. The van der Waals surface area contributed by atoms with Crippen molar-refractivity contribution in [3.05, 3.63) is 35.8 Å². The van der Waals surface area contributed by atoms with Gasteiger partial charge in [-0.05, 0) is 32.4 Å². The Labute approximate surface area is 165 Å². The summed E-state index contributed by atoms with van der Waals surface area (Å²) in [6, 6.07) is 0. The average molecular weight is 367 g/mol. The minimum absolute atomic E-state index is 0. The molecular weight excluding hydrogens is 308 g/mol. The van der Waals surface area contributed by atoms with Crippen molar-refractivity contribution in [2.75, 3.05) is 6.26 Å². The van der Waals surface area contributed by atoms with Crippen LogP contribution in [0.1, 0.15) is 111 Å². The molecule has 0 rings (SSSR count). The van der Waals surface area contributed by atoms with E-state index in [2.05, 4.69) is 0 Å². The molecule has 0 saturated carbocycles. The maximum Gasteiger partial charge on any atom is -0.0142 e. The number of hydrogen-bond donors (Lipinski definition) is 0. The number of hydrogen-bond acceptors (Lipinski definition) is 1. The van der Waals surface area contributed by atoms with Crippen LogP contribution < -0.4 is 0 Å². The standard InChI is InChI=1S/C6H10.C4H8S.6C2H6.CH4/c1-3-5-6-4-2;1-3-4-5-2;6*1-2;/h3-6H,1-2H3;3-4H,1-2H3;6*1-2H3;1H4. The van der Waals surface area contributed by atoms with E-state index in [-0.39, 0.29) is 7.43 Å². The van der Waals surface area contributed by atoms with E-state index in [0.29, 0.717) is 0 Å². The van der Waals surface area contributed by atoms with E-state index in [4.69, 9.17) is 0 Å². The van der Waals surface area contributed by atoms with Crippen molar-refractivity contribution in [3.63, 3.8) is 0 Å². The molecule has 0 N–H and O–H groups in total. The molecule has 0 aromatic rings. The molecule has 0 aliphatic rings. The fourth-order valence-corrected chi connectivity index (χ4v) is 0.630. The van der Waals surface area contributed by atoms with Crippen LogP contribution in [0.4, 0.5) is 0 Å². The van der Waals surface area contributed by atoms with E-state index >= 15 is 0 Å². The first-order valence-corrected chi connectivity index (χ1v) is 11.0. The number of thioether (sulfide) groups is 1. The molecule has 0 nitrogen and oxygen atoms in total. The second kappa shape index (κ2) is 243. The van der Waals surface area contributed by atoms with Gasteiger partial charge in [-0.25, -0.2) is 0 Å². The van der Waals surface area contributed by atoms with E-state index in [0.717, 1.165) is 0 Å². The lowest BCUT2D eigenvalue weighted by Crippen LogP contribution is -1.40. The highest BCUT2D eigenvalue weighted by Gasteiger charge is 1.51. The third-order valence-electron chi connectivity index (χ3n) is 0.768. The summed E-state index contributed by atoms with van der Waals surface area (Å²) in [6.07, 6.45) is 12.1. The molecule has 0 unspecified atom stereocenters. The molecule has 0 aliphatic carbocycles. The predicted octanol–water partition coefficient (Wildman–Crippen LogP) is 10.8. The van der Waals surface area contributed by atoms with Gasteiger partial charge >= 0.3 is 0 Å².